The summed E-state index contributed by atoms with van der Waals surface area (Å²) in [7, 11) is -3.95. The van der Waals surface area contributed by atoms with Crippen molar-refractivity contribution >= 4 is 38.1 Å². The Morgan fingerprint density at radius 3 is 2.55 bits per heavy atom. The summed E-state index contributed by atoms with van der Waals surface area (Å²) < 4.78 is 34.2. The first-order valence-corrected chi connectivity index (χ1v) is 11.7. The Bertz CT molecular complexity index is 1300. The molecule has 1 N–H and O–H groups in total. The lowest BCUT2D eigenvalue weighted by molar-refractivity contribution is -0.117. The molecule has 1 aliphatic carbocycles. The second-order valence-electron chi connectivity index (χ2n) is 7.81. The Balaban J connectivity index is 1.59. The summed E-state index contributed by atoms with van der Waals surface area (Å²) in [6.45, 7) is 0.0277. The summed E-state index contributed by atoms with van der Waals surface area (Å²) in [5.74, 6) is -0.136. The molecule has 0 atom stereocenters. The zero-order valence-corrected chi connectivity index (χ0v) is 17.7. The molecule has 1 aliphatic heterocycles. The van der Waals surface area contributed by atoms with Crippen molar-refractivity contribution in [2.45, 2.75) is 25.9 Å². The van der Waals surface area contributed by atoms with E-state index in [-0.39, 0.29) is 6.54 Å². The number of benzene rings is 3. The van der Waals surface area contributed by atoms with Gasteiger partial charge in [0.05, 0.1) is 5.69 Å². The molecular formula is C24H22N2O4S. The van der Waals surface area contributed by atoms with Crippen LogP contribution in [0.1, 0.15) is 30.4 Å². The van der Waals surface area contributed by atoms with Crippen LogP contribution in [0.5, 0.6) is 5.75 Å². The molecule has 31 heavy (non-hydrogen) atoms. The number of rotatable bonds is 5. The van der Waals surface area contributed by atoms with Crippen LogP contribution >= 0.6 is 0 Å². The van der Waals surface area contributed by atoms with Crippen LogP contribution in [0.15, 0.2) is 66.7 Å². The van der Waals surface area contributed by atoms with Gasteiger partial charge in [-0.15, -0.1) is 0 Å². The van der Waals surface area contributed by atoms with Gasteiger partial charge in [-0.2, -0.15) is 8.42 Å². The Morgan fingerprint density at radius 1 is 1.00 bits per heavy atom. The lowest BCUT2D eigenvalue weighted by Crippen LogP contribution is -2.29. The highest BCUT2D eigenvalue weighted by molar-refractivity contribution is 7.92. The summed E-state index contributed by atoms with van der Waals surface area (Å²) in [4.78, 5) is 11.8. The molecule has 0 unspecified atom stereocenters. The minimum atomic E-state index is -3.95. The molecule has 158 valence electrons. The summed E-state index contributed by atoms with van der Waals surface area (Å²) in [6, 6.07) is 19.5. The molecule has 5 rings (SSSR count). The zero-order valence-electron chi connectivity index (χ0n) is 16.9. The van der Waals surface area contributed by atoms with E-state index in [1.807, 2.05) is 47.2 Å². The van der Waals surface area contributed by atoms with Gasteiger partial charge >= 0.3 is 10.2 Å². The second-order valence-corrected chi connectivity index (χ2v) is 9.41. The maximum atomic E-state index is 12.5. The van der Waals surface area contributed by atoms with Gasteiger partial charge in [0.25, 0.3) is 5.91 Å². The lowest BCUT2D eigenvalue weighted by atomic mass is 10.00. The van der Waals surface area contributed by atoms with E-state index < -0.39 is 16.1 Å². The standard InChI is InChI=1S/C24H22N2O4S/c27-24-15-26(31(28,29)25-24)22-13-21-12-19(18-8-4-5-9-18)10-11-20(21)14-23(22)30-16-17-6-2-1-3-7-17/h1-3,6-8,10-14H,4-5,9,15-16H2,(H,25,27). The monoisotopic (exact) mass is 434 g/mol. The van der Waals surface area contributed by atoms with Gasteiger partial charge in [-0.25, -0.2) is 9.03 Å². The molecule has 1 heterocycles. The lowest BCUT2D eigenvalue weighted by Gasteiger charge is -2.20. The van der Waals surface area contributed by atoms with Crippen LogP contribution in [0.4, 0.5) is 5.69 Å². The molecule has 0 radical (unpaired) electrons. The Hall–Kier alpha value is -3.32. The van der Waals surface area contributed by atoms with E-state index in [0.29, 0.717) is 18.0 Å². The van der Waals surface area contributed by atoms with Gasteiger partial charge in [0.1, 0.15) is 18.9 Å². The van der Waals surface area contributed by atoms with Crippen LogP contribution in [0.2, 0.25) is 0 Å². The number of anilines is 1. The fourth-order valence-electron chi connectivity index (χ4n) is 4.10. The maximum Gasteiger partial charge on any atom is 0.326 e. The third kappa shape index (κ3) is 3.88. The average Bonchev–Trinajstić information content (AvgIpc) is 3.39. The predicted molar refractivity (Wildman–Crippen MR) is 121 cm³/mol. The highest BCUT2D eigenvalue weighted by Gasteiger charge is 2.36. The van der Waals surface area contributed by atoms with Crippen LogP contribution in [0.3, 0.4) is 0 Å². The normalized spacial score (nSPS) is 17.6. The van der Waals surface area contributed by atoms with Crippen molar-refractivity contribution < 1.29 is 17.9 Å². The molecule has 1 saturated heterocycles. The molecular weight excluding hydrogens is 412 g/mol. The van der Waals surface area contributed by atoms with Crippen molar-refractivity contribution in [2.75, 3.05) is 10.8 Å². The molecule has 0 saturated carbocycles. The van der Waals surface area contributed by atoms with Crippen LogP contribution in [-0.4, -0.2) is 20.9 Å². The molecule has 0 spiro atoms. The van der Waals surface area contributed by atoms with E-state index in [1.54, 1.807) is 6.07 Å². The first-order valence-electron chi connectivity index (χ1n) is 10.3. The Kier molecular flexibility index (Phi) is 4.90. The SMILES string of the molecule is O=C1CN(c2cc3cc(C4=CCCC4)ccc3cc2OCc2ccccc2)S(=O)(=O)N1. The number of hydrogen-bond donors (Lipinski definition) is 1. The minimum absolute atomic E-state index is 0.264. The topological polar surface area (TPSA) is 75.7 Å². The predicted octanol–water partition coefficient (Wildman–Crippen LogP) is 4.17. The molecule has 3 aromatic carbocycles. The summed E-state index contributed by atoms with van der Waals surface area (Å²) >= 11 is 0. The molecule has 3 aromatic rings. The summed E-state index contributed by atoms with van der Waals surface area (Å²) in [5, 5.41) is 1.85. The van der Waals surface area contributed by atoms with Gasteiger partial charge in [0.15, 0.2) is 0 Å². The summed E-state index contributed by atoms with van der Waals surface area (Å²) in [5.41, 5.74) is 3.79. The molecule has 2 aliphatic rings. The maximum absolute atomic E-state index is 12.5. The van der Waals surface area contributed by atoms with Crippen LogP contribution < -0.4 is 13.8 Å². The molecule has 1 fully saturated rings. The van der Waals surface area contributed by atoms with Gasteiger partial charge in [-0.05, 0) is 64.9 Å². The van der Waals surface area contributed by atoms with E-state index in [4.69, 9.17) is 4.74 Å². The van der Waals surface area contributed by atoms with Crippen molar-refractivity contribution in [3.8, 4) is 5.75 Å². The largest absolute Gasteiger partial charge is 0.487 e. The molecule has 0 aromatic heterocycles. The van der Waals surface area contributed by atoms with Crippen molar-refractivity contribution in [2.24, 2.45) is 0 Å². The van der Waals surface area contributed by atoms with Gasteiger partial charge in [0.2, 0.25) is 0 Å². The number of carbonyl (C=O) groups is 1. The number of fused-ring (bicyclic) bond motifs is 1. The van der Waals surface area contributed by atoms with E-state index >= 15 is 0 Å². The van der Waals surface area contributed by atoms with Gasteiger partial charge in [-0.3, -0.25) is 4.79 Å². The molecule has 1 amide bonds. The zero-order chi connectivity index (χ0) is 21.4. The third-order valence-corrected chi connectivity index (χ3v) is 7.05. The number of nitrogens with one attached hydrogen (secondary N) is 1. The number of carbonyl (C=O) groups excluding carboxylic acids is 1. The molecule has 6 nitrogen and oxygen atoms in total. The third-order valence-electron chi connectivity index (χ3n) is 5.66. The Labute approximate surface area is 181 Å². The van der Waals surface area contributed by atoms with Crippen LogP contribution in [0.25, 0.3) is 16.3 Å². The number of ether oxygens (including phenoxy) is 1. The van der Waals surface area contributed by atoms with Crippen molar-refractivity contribution in [3.05, 3.63) is 77.9 Å². The number of nitrogens with zero attached hydrogens (tertiary/aromatic N) is 1. The van der Waals surface area contributed by atoms with Crippen LogP contribution in [0, 0.1) is 0 Å². The smallest absolute Gasteiger partial charge is 0.326 e. The molecule has 0 bridgehead atoms. The van der Waals surface area contributed by atoms with Gasteiger partial charge in [0, 0.05) is 0 Å². The number of hydrogen-bond acceptors (Lipinski definition) is 4. The fourth-order valence-corrected chi connectivity index (χ4v) is 5.26. The van der Waals surface area contributed by atoms with E-state index in [0.717, 1.165) is 45.5 Å². The van der Waals surface area contributed by atoms with E-state index in [1.165, 1.54) is 5.57 Å². The number of allylic oxidation sites excluding steroid dienone is 2. The Morgan fingerprint density at radius 2 is 1.84 bits per heavy atom. The number of amides is 1. The van der Waals surface area contributed by atoms with E-state index in [9.17, 15) is 13.2 Å². The van der Waals surface area contributed by atoms with Crippen molar-refractivity contribution in [1.29, 1.82) is 0 Å². The minimum Gasteiger partial charge on any atom is -0.487 e. The van der Waals surface area contributed by atoms with Gasteiger partial charge < -0.3 is 4.74 Å². The first-order chi connectivity index (χ1) is 15.0. The second kappa shape index (κ2) is 7.74. The quantitative estimate of drug-likeness (QED) is 0.654. The highest BCUT2D eigenvalue weighted by Crippen LogP contribution is 2.38. The van der Waals surface area contributed by atoms with E-state index in [2.05, 4.69) is 18.2 Å². The highest BCUT2D eigenvalue weighted by atomic mass is 32.2. The van der Waals surface area contributed by atoms with Gasteiger partial charge in [-0.1, -0.05) is 48.5 Å². The average molecular weight is 435 g/mol. The first kappa shape index (κ1) is 19.6. The molecule has 7 heteroatoms. The summed E-state index contributed by atoms with van der Waals surface area (Å²) in [6.07, 6.45) is 5.55. The fraction of sp³-hybridized carbons (Fsp3) is 0.208. The van der Waals surface area contributed by atoms with Crippen molar-refractivity contribution in [3.63, 3.8) is 0 Å². The van der Waals surface area contributed by atoms with Crippen LogP contribution in [-0.2, 0) is 21.6 Å². The van der Waals surface area contributed by atoms with Crippen molar-refractivity contribution in [1.82, 2.24) is 4.72 Å².